The molecule has 1 N–H and O–H groups in total. The number of piperidine rings is 1. The van der Waals surface area contributed by atoms with Crippen molar-refractivity contribution >= 4 is 23.2 Å². The number of rotatable bonds is 3. The Hall–Kier alpha value is -0.500. The number of halogens is 2. The number of hydrogen-bond acceptors (Lipinski definition) is 1. The summed E-state index contributed by atoms with van der Waals surface area (Å²) in [5.41, 5.74) is 1.26. The van der Waals surface area contributed by atoms with Crippen LogP contribution in [0.3, 0.4) is 0 Å². The van der Waals surface area contributed by atoms with Crippen LogP contribution in [0.1, 0.15) is 12.0 Å². The summed E-state index contributed by atoms with van der Waals surface area (Å²) in [4.78, 5) is 0. The molecule has 0 radical (unpaired) electrons. The molecule has 0 unspecified atom stereocenters. The van der Waals surface area contributed by atoms with Crippen molar-refractivity contribution in [3.05, 3.63) is 46.5 Å². The Balaban J connectivity index is 2.08. The highest BCUT2D eigenvalue weighted by atomic mass is 35.5. The van der Waals surface area contributed by atoms with Gasteiger partial charge in [0.15, 0.2) is 0 Å². The fourth-order valence-corrected chi connectivity index (χ4v) is 2.76. The van der Waals surface area contributed by atoms with Gasteiger partial charge < -0.3 is 5.32 Å². The molecule has 1 aliphatic rings. The van der Waals surface area contributed by atoms with E-state index >= 15 is 0 Å². The Bertz CT molecular complexity index is 403. The molecule has 92 valence electrons. The molecule has 1 nitrogen and oxygen atoms in total. The van der Waals surface area contributed by atoms with Crippen LogP contribution in [0.25, 0.3) is 0 Å². The first-order valence-corrected chi connectivity index (χ1v) is 6.73. The van der Waals surface area contributed by atoms with E-state index in [0.29, 0.717) is 21.9 Å². The van der Waals surface area contributed by atoms with Gasteiger partial charge in [-0.15, -0.1) is 6.58 Å². The molecule has 0 bridgehead atoms. The first-order chi connectivity index (χ1) is 8.20. The van der Waals surface area contributed by atoms with Gasteiger partial charge in [0.2, 0.25) is 0 Å². The zero-order valence-electron chi connectivity index (χ0n) is 9.76. The summed E-state index contributed by atoms with van der Waals surface area (Å²) in [6.45, 7) is 6.05. The fraction of sp³-hybridized carbons (Fsp3) is 0.429. The van der Waals surface area contributed by atoms with Crippen LogP contribution in [0.5, 0.6) is 0 Å². The first kappa shape index (κ1) is 12.9. The maximum absolute atomic E-state index is 6.04. The molecule has 0 spiro atoms. The zero-order valence-corrected chi connectivity index (χ0v) is 11.3. The fourth-order valence-electron chi connectivity index (χ4n) is 2.44. The minimum atomic E-state index is 0.554. The summed E-state index contributed by atoms with van der Waals surface area (Å²) in [7, 11) is 0. The van der Waals surface area contributed by atoms with E-state index in [1.54, 1.807) is 0 Å². The number of nitrogens with one attached hydrogen (secondary N) is 1. The third-order valence-electron chi connectivity index (χ3n) is 3.46. The Morgan fingerprint density at radius 2 is 2.18 bits per heavy atom. The first-order valence-electron chi connectivity index (χ1n) is 5.98. The summed E-state index contributed by atoms with van der Waals surface area (Å²) < 4.78 is 0. The van der Waals surface area contributed by atoms with E-state index in [-0.39, 0.29) is 0 Å². The molecule has 2 rings (SSSR count). The molecule has 0 amide bonds. The van der Waals surface area contributed by atoms with Crippen molar-refractivity contribution in [2.45, 2.75) is 12.8 Å². The molecular formula is C14H17Cl2N. The van der Waals surface area contributed by atoms with Crippen LogP contribution in [0, 0.1) is 11.8 Å². The molecule has 1 aliphatic heterocycles. The van der Waals surface area contributed by atoms with Crippen LogP contribution in [0.4, 0.5) is 0 Å². The second kappa shape index (κ2) is 5.90. The maximum atomic E-state index is 6.04. The quantitative estimate of drug-likeness (QED) is 0.820. The summed E-state index contributed by atoms with van der Waals surface area (Å²) >= 11 is 12.0. The molecule has 0 saturated carbocycles. The SMILES string of the molecule is C=C[C@@H]1CNCC[C@@H]1Cc1ccc(Cl)c(Cl)c1. The minimum Gasteiger partial charge on any atom is -0.316 e. The number of hydrogen-bond donors (Lipinski definition) is 1. The molecule has 17 heavy (non-hydrogen) atoms. The van der Waals surface area contributed by atoms with E-state index < -0.39 is 0 Å². The van der Waals surface area contributed by atoms with Gasteiger partial charge in [0, 0.05) is 6.54 Å². The van der Waals surface area contributed by atoms with Gasteiger partial charge in [-0.25, -0.2) is 0 Å². The second-order valence-electron chi connectivity index (χ2n) is 4.61. The summed E-state index contributed by atoms with van der Waals surface area (Å²) in [5.74, 6) is 1.21. The normalized spacial score (nSPS) is 24.6. The average molecular weight is 270 g/mol. The smallest absolute Gasteiger partial charge is 0.0595 e. The predicted molar refractivity (Wildman–Crippen MR) is 74.8 cm³/mol. The van der Waals surface area contributed by atoms with E-state index in [4.69, 9.17) is 23.2 Å². The van der Waals surface area contributed by atoms with E-state index in [1.165, 1.54) is 12.0 Å². The van der Waals surface area contributed by atoms with Crippen LogP contribution in [0.15, 0.2) is 30.9 Å². The third kappa shape index (κ3) is 3.25. The summed E-state index contributed by atoms with van der Waals surface area (Å²) in [6.07, 6.45) is 4.31. The van der Waals surface area contributed by atoms with Crippen molar-refractivity contribution in [3.63, 3.8) is 0 Å². The lowest BCUT2D eigenvalue weighted by molar-refractivity contribution is 0.300. The highest BCUT2D eigenvalue weighted by Crippen LogP contribution is 2.28. The van der Waals surface area contributed by atoms with Crippen LogP contribution in [0.2, 0.25) is 10.0 Å². The molecule has 3 heteroatoms. The summed E-state index contributed by atoms with van der Waals surface area (Å²) in [6, 6.07) is 5.92. The van der Waals surface area contributed by atoms with E-state index in [2.05, 4.69) is 24.0 Å². The van der Waals surface area contributed by atoms with Crippen molar-refractivity contribution in [3.8, 4) is 0 Å². The lowest BCUT2D eigenvalue weighted by Crippen LogP contribution is -2.36. The van der Waals surface area contributed by atoms with Crippen LogP contribution in [-0.2, 0) is 6.42 Å². The summed E-state index contributed by atoms with van der Waals surface area (Å²) in [5, 5.41) is 4.68. The molecule has 1 aromatic carbocycles. The van der Waals surface area contributed by atoms with Gasteiger partial charge in [-0.2, -0.15) is 0 Å². The Morgan fingerprint density at radius 3 is 2.88 bits per heavy atom. The van der Waals surface area contributed by atoms with Crippen molar-refractivity contribution in [1.29, 1.82) is 0 Å². The maximum Gasteiger partial charge on any atom is 0.0595 e. The topological polar surface area (TPSA) is 12.0 Å². The van der Waals surface area contributed by atoms with Crippen molar-refractivity contribution < 1.29 is 0 Å². The van der Waals surface area contributed by atoms with Crippen LogP contribution < -0.4 is 5.32 Å². The zero-order chi connectivity index (χ0) is 12.3. The average Bonchev–Trinajstić information content (AvgIpc) is 2.34. The standard InChI is InChI=1S/C14H17Cl2N/c1-2-11-9-17-6-5-12(11)7-10-3-4-13(15)14(16)8-10/h2-4,8,11-12,17H,1,5-7,9H2/t11-,12-/m1/s1. The molecule has 0 aromatic heterocycles. The van der Waals surface area contributed by atoms with Crippen molar-refractivity contribution in [1.82, 2.24) is 5.32 Å². The molecule has 0 aliphatic carbocycles. The van der Waals surface area contributed by atoms with Gasteiger partial charge in [-0.05, 0) is 48.9 Å². The monoisotopic (exact) mass is 269 g/mol. The molecule has 2 atom stereocenters. The van der Waals surface area contributed by atoms with Crippen LogP contribution >= 0.6 is 23.2 Å². The molecule has 1 saturated heterocycles. The molecule has 1 fully saturated rings. The van der Waals surface area contributed by atoms with Gasteiger partial charge in [-0.1, -0.05) is 35.3 Å². The van der Waals surface area contributed by atoms with Gasteiger partial charge >= 0.3 is 0 Å². The minimum absolute atomic E-state index is 0.554. The Kier molecular flexibility index (Phi) is 4.49. The van der Waals surface area contributed by atoms with Gasteiger partial charge in [0.05, 0.1) is 10.0 Å². The van der Waals surface area contributed by atoms with E-state index in [9.17, 15) is 0 Å². The lowest BCUT2D eigenvalue weighted by Gasteiger charge is -2.30. The highest BCUT2D eigenvalue weighted by Gasteiger charge is 2.22. The highest BCUT2D eigenvalue weighted by molar-refractivity contribution is 6.42. The lowest BCUT2D eigenvalue weighted by atomic mass is 9.82. The van der Waals surface area contributed by atoms with Gasteiger partial charge in [0.1, 0.15) is 0 Å². The van der Waals surface area contributed by atoms with Crippen LogP contribution in [-0.4, -0.2) is 13.1 Å². The van der Waals surface area contributed by atoms with E-state index in [0.717, 1.165) is 19.5 Å². The molecule has 1 heterocycles. The molecular weight excluding hydrogens is 253 g/mol. The predicted octanol–water partition coefficient (Wildman–Crippen LogP) is 3.95. The largest absolute Gasteiger partial charge is 0.316 e. The van der Waals surface area contributed by atoms with Gasteiger partial charge in [-0.3, -0.25) is 0 Å². The van der Waals surface area contributed by atoms with Crippen molar-refractivity contribution in [2.75, 3.05) is 13.1 Å². The second-order valence-corrected chi connectivity index (χ2v) is 5.42. The third-order valence-corrected chi connectivity index (χ3v) is 4.20. The number of benzene rings is 1. The molecule has 1 aromatic rings. The Morgan fingerprint density at radius 1 is 1.35 bits per heavy atom. The Labute approximate surface area is 113 Å². The van der Waals surface area contributed by atoms with Gasteiger partial charge in [0.25, 0.3) is 0 Å². The van der Waals surface area contributed by atoms with Crippen molar-refractivity contribution in [2.24, 2.45) is 11.8 Å². The van der Waals surface area contributed by atoms with E-state index in [1.807, 2.05) is 12.1 Å².